The summed E-state index contributed by atoms with van der Waals surface area (Å²) >= 11 is 0. The van der Waals surface area contributed by atoms with E-state index in [1.54, 1.807) is 43.5 Å². The third-order valence-corrected chi connectivity index (χ3v) is 5.86. The molecule has 0 aliphatic carbocycles. The van der Waals surface area contributed by atoms with Crippen LogP contribution in [-0.4, -0.2) is 54.3 Å². The van der Waals surface area contributed by atoms with E-state index in [9.17, 15) is 14.4 Å². The molecule has 0 saturated carbocycles. The van der Waals surface area contributed by atoms with Gasteiger partial charge in [0.25, 0.3) is 17.7 Å². The lowest BCUT2D eigenvalue weighted by Crippen LogP contribution is -2.39. The second-order valence-corrected chi connectivity index (χ2v) is 7.56. The van der Waals surface area contributed by atoms with Crippen LogP contribution in [0.1, 0.15) is 50.3 Å². The Kier molecular flexibility index (Phi) is 5.34. The van der Waals surface area contributed by atoms with Gasteiger partial charge in [0.15, 0.2) is 0 Å². The van der Waals surface area contributed by atoms with Crippen molar-refractivity contribution in [3.63, 3.8) is 0 Å². The summed E-state index contributed by atoms with van der Waals surface area (Å²) in [4.78, 5) is 40.9. The zero-order valence-electron chi connectivity index (χ0n) is 16.5. The lowest BCUT2D eigenvalue weighted by Gasteiger charge is -2.32. The van der Waals surface area contributed by atoms with Gasteiger partial charge in [-0.1, -0.05) is 18.2 Å². The molecule has 2 heterocycles. The van der Waals surface area contributed by atoms with Crippen LogP contribution < -0.4 is 4.74 Å². The van der Waals surface area contributed by atoms with Crippen LogP contribution in [0.2, 0.25) is 0 Å². The number of likely N-dealkylation sites (tertiary alicyclic amines) is 1. The third kappa shape index (κ3) is 3.75. The van der Waals surface area contributed by atoms with Crippen LogP contribution in [0.25, 0.3) is 0 Å². The Morgan fingerprint density at radius 3 is 2.28 bits per heavy atom. The summed E-state index contributed by atoms with van der Waals surface area (Å²) in [5.74, 6) is 0.690. The molecule has 0 bridgehead atoms. The van der Waals surface area contributed by atoms with Gasteiger partial charge in [0.1, 0.15) is 5.75 Å². The number of fused-ring (bicyclic) bond motifs is 1. The minimum Gasteiger partial charge on any atom is -0.497 e. The first-order valence-corrected chi connectivity index (χ1v) is 9.97. The third-order valence-electron chi connectivity index (χ3n) is 5.86. The summed E-state index contributed by atoms with van der Waals surface area (Å²) in [6.07, 6.45) is 2.52. The molecule has 2 aromatic carbocycles. The molecule has 0 spiro atoms. The van der Waals surface area contributed by atoms with Gasteiger partial charge in [0.05, 0.1) is 18.2 Å². The summed E-state index contributed by atoms with van der Waals surface area (Å²) < 4.78 is 5.20. The van der Waals surface area contributed by atoms with E-state index in [0.717, 1.165) is 19.3 Å². The Morgan fingerprint density at radius 2 is 1.66 bits per heavy atom. The van der Waals surface area contributed by atoms with Crippen LogP contribution in [0, 0.1) is 5.92 Å². The first-order valence-electron chi connectivity index (χ1n) is 9.97. The van der Waals surface area contributed by atoms with Gasteiger partial charge in [-0.05, 0) is 55.5 Å². The molecule has 6 nitrogen and oxygen atoms in total. The molecule has 4 rings (SSSR count). The van der Waals surface area contributed by atoms with E-state index in [1.807, 2.05) is 17.0 Å². The van der Waals surface area contributed by atoms with E-state index in [4.69, 9.17) is 4.74 Å². The van der Waals surface area contributed by atoms with Gasteiger partial charge in [-0.15, -0.1) is 0 Å². The smallest absolute Gasteiger partial charge is 0.261 e. The average molecular weight is 392 g/mol. The molecule has 0 radical (unpaired) electrons. The van der Waals surface area contributed by atoms with Crippen LogP contribution in [0.4, 0.5) is 0 Å². The first-order chi connectivity index (χ1) is 14.1. The largest absolute Gasteiger partial charge is 0.497 e. The number of ether oxygens (including phenoxy) is 1. The Balaban J connectivity index is 1.30. The number of amides is 3. The number of methoxy groups -OCH3 is 1. The molecule has 2 aliphatic heterocycles. The number of benzene rings is 2. The molecule has 150 valence electrons. The minimum absolute atomic E-state index is 0.0164. The van der Waals surface area contributed by atoms with Crippen molar-refractivity contribution >= 4 is 17.7 Å². The van der Waals surface area contributed by atoms with Crippen molar-refractivity contribution < 1.29 is 19.1 Å². The normalized spacial score (nSPS) is 16.9. The van der Waals surface area contributed by atoms with Crippen LogP contribution >= 0.6 is 0 Å². The fourth-order valence-corrected chi connectivity index (χ4v) is 4.12. The second-order valence-electron chi connectivity index (χ2n) is 7.56. The number of rotatable bonds is 5. The standard InChI is InChI=1S/C23H24N2O4/c1-29-18-6-4-5-17(15-18)21(26)24-12-9-16(10-13-24)11-14-25-22(27)19-7-2-3-8-20(19)23(25)28/h2-8,15-16H,9-14H2,1H3. The number of piperidine rings is 1. The maximum Gasteiger partial charge on any atom is 0.261 e. The van der Waals surface area contributed by atoms with Gasteiger partial charge in [0.2, 0.25) is 0 Å². The lowest BCUT2D eigenvalue weighted by atomic mass is 9.93. The molecular formula is C23H24N2O4. The molecule has 0 atom stereocenters. The predicted octanol–water partition coefficient (Wildman–Crippen LogP) is 3.23. The van der Waals surface area contributed by atoms with E-state index in [-0.39, 0.29) is 17.7 Å². The topological polar surface area (TPSA) is 66.9 Å². The van der Waals surface area contributed by atoms with Gasteiger partial charge in [-0.2, -0.15) is 0 Å². The summed E-state index contributed by atoms with van der Waals surface area (Å²) in [5.41, 5.74) is 1.63. The van der Waals surface area contributed by atoms with Crippen LogP contribution in [-0.2, 0) is 0 Å². The van der Waals surface area contributed by atoms with Gasteiger partial charge in [0, 0.05) is 25.2 Å². The van der Waals surface area contributed by atoms with Crippen LogP contribution in [0.15, 0.2) is 48.5 Å². The molecular weight excluding hydrogens is 368 g/mol. The molecule has 3 amide bonds. The van der Waals surface area contributed by atoms with Crippen molar-refractivity contribution in [3.05, 3.63) is 65.2 Å². The highest BCUT2D eigenvalue weighted by Crippen LogP contribution is 2.26. The second kappa shape index (κ2) is 8.07. The van der Waals surface area contributed by atoms with Crippen molar-refractivity contribution in [2.45, 2.75) is 19.3 Å². The lowest BCUT2D eigenvalue weighted by molar-refractivity contribution is 0.0626. The quantitative estimate of drug-likeness (QED) is 0.733. The molecule has 6 heteroatoms. The van der Waals surface area contributed by atoms with Crippen molar-refractivity contribution in [1.29, 1.82) is 0 Å². The van der Waals surface area contributed by atoms with E-state index < -0.39 is 0 Å². The number of imide groups is 1. The predicted molar refractivity (Wildman–Crippen MR) is 108 cm³/mol. The minimum atomic E-state index is -0.198. The summed E-state index contributed by atoms with van der Waals surface area (Å²) in [6, 6.07) is 14.2. The highest BCUT2D eigenvalue weighted by molar-refractivity contribution is 6.21. The zero-order chi connectivity index (χ0) is 20.4. The van der Waals surface area contributed by atoms with Gasteiger partial charge in [-0.3, -0.25) is 19.3 Å². The monoisotopic (exact) mass is 392 g/mol. The number of carbonyl (C=O) groups excluding carboxylic acids is 3. The maximum atomic E-state index is 12.7. The van der Waals surface area contributed by atoms with Crippen LogP contribution in [0.3, 0.4) is 0 Å². The zero-order valence-corrected chi connectivity index (χ0v) is 16.5. The number of hydrogen-bond donors (Lipinski definition) is 0. The van der Waals surface area contributed by atoms with Crippen molar-refractivity contribution in [2.75, 3.05) is 26.7 Å². The van der Waals surface area contributed by atoms with E-state index in [2.05, 4.69) is 0 Å². The van der Waals surface area contributed by atoms with E-state index in [0.29, 0.717) is 48.0 Å². The van der Waals surface area contributed by atoms with Crippen molar-refractivity contribution in [1.82, 2.24) is 9.80 Å². The fourth-order valence-electron chi connectivity index (χ4n) is 4.12. The summed E-state index contributed by atoms with van der Waals surface area (Å²) in [7, 11) is 1.59. The molecule has 29 heavy (non-hydrogen) atoms. The Hall–Kier alpha value is -3.15. The highest BCUT2D eigenvalue weighted by atomic mass is 16.5. The molecule has 1 fully saturated rings. The van der Waals surface area contributed by atoms with E-state index >= 15 is 0 Å². The Labute approximate surface area is 170 Å². The number of hydrogen-bond acceptors (Lipinski definition) is 4. The molecule has 2 aromatic rings. The first kappa shape index (κ1) is 19.2. The van der Waals surface area contributed by atoms with Gasteiger partial charge in [-0.25, -0.2) is 0 Å². The van der Waals surface area contributed by atoms with Crippen molar-refractivity contribution in [2.24, 2.45) is 5.92 Å². The molecule has 0 N–H and O–H groups in total. The maximum absolute atomic E-state index is 12.7. The fraction of sp³-hybridized carbons (Fsp3) is 0.348. The highest BCUT2D eigenvalue weighted by Gasteiger charge is 2.35. The molecule has 0 unspecified atom stereocenters. The SMILES string of the molecule is COc1cccc(C(=O)N2CCC(CCN3C(=O)c4ccccc4C3=O)CC2)c1. The molecule has 1 saturated heterocycles. The van der Waals surface area contributed by atoms with Crippen molar-refractivity contribution in [3.8, 4) is 5.75 Å². The average Bonchev–Trinajstić information content (AvgIpc) is 3.02. The van der Waals surface area contributed by atoms with Crippen LogP contribution in [0.5, 0.6) is 5.75 Å². The number of nitrogens with zero attached hydrogens (tertiary/aromatic N) is 2. The molecule has 2 aliphatic rings. The Morgan fingerprint density at radius 1 is 1.00 bits per heavy atom. The van der Waals surface area contributed by atoms with Gasteiger partial charge < -0.3 is 9.64 Å². The van der Waals surface area contributed by atoms with E-state index in [1.165, 1.54) is 4.90 Å². The molecule has 0 aromatic heterocycles. The summed E-state index contributed by atoms with van der Waals surface area (Å²) in [5, 5.41) is 0. The van der Waals surface area contributed by atoms with Gasteiger partial charge >= 0.3 is 0 Å². The Bertz CT molecular complexity index is 912. The summed E-state index contributed by atoms with van der Waals surface area (Å²) in [6.45, 7) is 1.80. The number of carbonyl (C=O) groups is 3.